The normalized spacial score (nSPS) is 12.5. The van der Waals surface area contributed by atoms with E-state index in [0.717, 1.165) is 25.2 Å². The Morgan fingerprint density at radius 2 is 2.12 bits per heavy atom. The first kappa shape index (κ1) is 13.7. The zero-order valence-electron chi connectivity index (χ0n) is 10.8. The molecule has 0 radical (unpaired) electrons. The molecule has 0 aliphatic carbocycles. The van der Waals surface area contributed by atoms with Gasteiger partial charge >= 0.3 is 0 Å². The Hall–Kier alpha value is -1.36. The quantitative estimate of drug-likeness (QED) is 0.757. The lowest BCUT2D eigenvalue weighted by atomic mass is 10.2. The van der Waals surface area contributed by atoms with Gasteiger partial charge in [0.1, 0.15) is 12.1 Å². The van der Waals surface area contributed by atoms with Gasteiger partial charge in [0.05, 0.1) is 6.10 Å². The highest BCUT2D eigenvalue weighted by atomic mass is 16.5. The predicted octanol–water partition coefficient (Wildman–Crippen LogP) is 1.80. The van der Waals surface area contributed by atoms with Crippen molar-refractivity contribution in [3.05, 3.63) is 12.4 Å². The molecule has 1 atom stereocenters. The molecule has 1 heterocycles. The number of nitrogens with one attached hydrogen (secondary N) is 1. The van der Waals surface area contributed by atoms with Gasteiger partial charge in [-0.3, -0.25) is 0 Å². The molecule has 0 bridgehead atoms. The van der Waals surface area contributed by atoms with E-state index in [1.165, 1.54) is 6.33 Å². The number of hydrogen-bond donors (Lipinski definition) is 2. The summed E-state index contributed by atoms with van der Waals surface area (Å²) in [5, 5.41) is 3.30. The molecule has 5 heteroatoms. The Morgan fingerprint density at radius 3 is 2.76 bits per heavy atom. The van der Waals surface area contributed by atoms with Gasteiger partial charge in [0, 0.05) is 12.1 Å². The van der Waals surface area contributed by atoms with E-state index in [2.05, 4.69) is 22.2 Å². The molecule has 0 saturated heterocycles. The molecule has 0 saturated carbocycles. The standard InChI is InChI=1S/C12H22N4O/c1-9(2)17-12-7-11(14-8-15-12)16-10(3)5-4-6-13/h7-10H,4-6,13H2,1-3H3,(H,14,15,16). The number of nitrogens with two attached hydrogens (primary N) is 1. The molecule has 0 amide bonds. The fourth-order valence-electron chi connectivity index (χ4n) is 1.47. The Kier molecular flexibility index (Phi) is 5.69. The number of rotatable bonds is 7. The van der Waals surface area contributed by atoms with Crippen LogP contribution in [0.3, 0.4) is 0 Å². The van der Waals surface area contributed by atoms with Crippen LogP contribution in [0, 0.1) is 0 Å². The van der Waals surface area contributed by atoms with Gasteiger partial charge in [-0.15, -0.1) is 0 Å². The van der Waals surface area contributed by atoms with Crippen LogP contribution in [0.1, 0.15) is 33.6 Å². The topological polar surface area (TPSA) is 73.1 Å². The van der Waals surface area contributed by atoms with E-state index in [1.54, 1.807) is 0 Å². The predicted molar refractivity (Wildman–Crippen MR) is 69.2 cm³/mol. The van der Waals surface area contributed by atoms with Crippen LogP contribution in [0.25, 0.3) is 0 Å². The van der Waals surface area contributed by atoms with Gasteiger partial charge in [-0.1, -0.05) is 0 Å². The average Bonchev–Trinajstić information content (AvgIpc) is 2.26. The zero-order valence-corrected chi connectivity index (χ0v) is 10.8. The molecule has 1 aromatic heterocycles. The first-order chi connectivity index (χ1) is 8.11. The molecular weight excluding hydrogens is 216 g/mol. The summed E-state index contributed by atoms with van der Waals surface area (Å²) in [4.78, 5) is 8.22. The molecule has 96 valence electrons. The first-order valence-corrected chi connectivity index (χ1v) is 6.07. The lowest BCUT2D eigenvalue weighted by Gasteiger charge is -2.15. The van der Waals surface area contributed by atoms with Crippen LogP contribution in [0.5, 0.6) is 5.88 Å². The highest BCUT2D eigenvalue weighted by molar-refractivity contribution is 5.37. The first-order valence-electron chi connectivity index (χ1n) is 6.07. The minimum Gasteiger partial charge on any atom is -0.475 e. The molecule has 1 unspecified atom stereocenters. The molecule has 0 spiro atoms. The molecule has 3 N–H and O–H groups in total. The van der Waals surface area contributed by atoms with Crippen molar-refractivity contribution in [3.63, 3.8) is 0 Å². The molecule has 0 aromatic carbocycles. The average molecular weight is 238 g/mol. The van der Waals surface area contributed by atoms with E-state index in [1.807, 2.05) is 19.9 Å². The maximum Gasteiger partial charge on any atom is 0.218 e. The smallest absolute Gasteiger partial charge is 0.218 e. The number of aromatic nitrogens is 2. The van der Waals surface area contributed by atoms with Crippen LogP contribution in [0.15, 0.2) is 12.4 Å². The molecule has 1 rings (SSSR count). The number of hydrogen-bond acceptors (Lipinski definition) is 5. The highest BCUT2D eigenvalue weighted by Crippen LogP contribution is 2.14. The number of ether oxygens (including phenoxy) is 1. The largest absolute Gasteiger partial charge is 0.475 e. The van der Waals surface area contributed by atoms with Crippen LogP contribution in [0.2, 0.25) is 0 Å². The molecule has 0 fully saturated rings. The summed E-state index contributed by atoms with van der Waals surface area (Å²) in [6.45, 7) is 6.77. The van der Waals surface area contributed by atoms with Gasteiger partial charge in [-0.2, -0.15) is 0 Å². The number of anilines is 1. The van der Waals surface area contributed by atoms with E-state index in [0.29, 0.717) is 11.9 Å². The van der Waals surface area contributed by atoms with Crippen molar-refractivity contribution in [1.82, 2.24) is 9.97 Å². The van der Waals surface area contributed by atoms with E-state index < -0.39 is 0 Å². The Labute approximate surface area is 103 Å². The Balaban J connectivity index is 2.53. The van der Waals surface area contributed by atoms with Crippen molar-refractivity contribution < 1.29 is 4.74 Å². The third-order valence-corrected chi connectivity index (χ3v) is 2.23. The van der Waals surface area contributed by atoms with E-state index in [4.69, 9.17) is 10.5 Å². The lowest BCUT2D eigenvalue weighted by molar-refractivity contribution is 0.232. The summed E-state index contributed by atoms with van der Waals surface area (Å²) < 4.78 is 5.51. The van der Waals surface area contributed by atoms with Gasteiger partial charge in [-0.05, 0) is 40.2 Å². The van der Waals surface area contributed by atoms with Gasteiger partial charge < -0.3 is 15.8 Å². The van der Waals surface area contributed by atoms with Crippen LogP contribution >= 0.6 is 0 Å². The highest BCUT2D eigenvalue weighted by Gasteiger charge is 2.05. The van der Waals surface area contributed by atoms with Crippen molar-refractivity contribution in [2.75, 3.05) is 11.9 Å². The molecule has 0 aliphatic rings. The SMILES string of the molecule is CC(CCCN)Nc1cc(OC(C)C)ncn1. The molecule has 0 aliphatic heterocycles. The second-order valence-electron chi connectivity index (χ2n) is 4.38. The summed E-state index contributed by atoms with van der Waals surface area (Å²) in [5.41, 5.74) is 5.48. The summed E-state index contributed by atoms with van der Waals surface area (Å²) in [7, 11) is 0. The fourth-order valence-corrected chi connectivity index (χ4v) is 1.47. The van der Waals surface area contributed by atoms with Crippen molar-refractivity contribution in [3.8, 4) is 5.88 Å². The zero-order chi connectivity index (χ0) is 12.7. The van der Waals surface area contributed by atoms with Gasteiger partial charge in [0.25, 0.3) is 0 Å². The summed E-state index contributed by atoms with van der Waals surface area (Å²) in [6.07, 6.45) is 3.66. The molecule has 1 aromatic rings. The van der Waals surface area contributed by atoms with Gasteiger partial charge in [0.2, 0.25) is 5.88 Å². The lowest BCUT2D eigenvalue weighted by Crippen LogP contribution is -2.17. The third kappa shape index (κ3) is 5.49. The molecular formula is C12H22N4O. The molecule has 5 nitrogen and oxygen atoms in total. The molecule has 17 heavy (non-hydrogen) atoms. The second-order valence-corrected chi connectivity index (χ2v) is 4.38. The van der Waals surface area contributed by atoms with E-state index in [-0.39, 0.29) is 6.10 Å². The minimum absolute atomic E-state index is 0.118. The Morgan fingerprint density at radius 1 is 1.35 bits per heavy atom. The van der Waals surface area contributed by atoms with Crippen molar-refractivity contribution in [1.29, 1.82) is 0 Å². The summed E-state index contributed by atoms with van der Waals surface area (Å²) in [5.74, 6) is 1.39. The monoisotopic (exact) mass is 238 g/mol. The van der Waals surface area contributed by atoms with Crippen molar-refractivity contribution >= 4 is 5.82 Å². The fraction of sp³-hybridized carbons (Fsp3) is 0.667. The van der Waals surface area contributed by atoms with Crippen molar-refractivity contribution in [2.45, 2.75) is 45.8 Å². The van der Waals surface area contributed by atoms with Crippen LogP contribution in [0.4, 0.5) is 5.82 Å². The van der Waals surface area contributed by atoms with Crippen LogP contribution < -0.4 is 15.8 Å². The third-order valence-electron chi connectivity index (χ3n) is 2.23. The van der Waals surface area contributed by atoms with Crippen LogP contribution in [-0.2, 0) is 0 Å². The van der Waals surface area contributed by atoms with Crippen molar-refractivity contribution in [2.24, 2.45) is 5.73 Å². The van der Waals surface area contributed by atoms with E-state index in [9.17, 15) is 0 Å². The van der Waals surface area contributed by atoms with Gasteiger partial charge in [0.15, 0.2) is 0 Å². The summed E-state index contributed by atoms with van der Waals surface area (Å²) in [6, 6.07) is 2.17. The van der Waals surface area contributed by atoms with Crippen LogP contribution in [-0.4, -0.2) is 28.7 Å². The maximum atomic E-state index is 5.51. The minimum atomic E-state index is 0.118. The summed E-state index contributed by atoms with van der Waals surface area (Å²) >= 11 is 0. The second kappa shape index (κ2) is 7.06. The van der Waals surface area contributed by atoms with Gasteiger partial charge in [-0.25, -0.2) is 9.97 Å². The Bertz CT molecular complexity index is 330. The number of nitrogens with zero attached hydrogens (tertiary/aromatic N) is 2. The van der Waals surface area contributed by atoms with E-state index >= 15 is 0 Å². The maximum absolute atomic E-state index is 5.51.